The molecule has 0 amide bonds. The highest BCUT2D eigenvalue weighted by atomic mass is 16.5. The summed E-state index contributed by atoms with van der Waals surface area (Å²) >= 11 is 0. The smallest absolute Gasteiger partial charge is 0.330 e. The van der Waals surface area contributed by atoms with Gasteiger partial charge in [-0.2, -0.15) is 0 Å². The lowest BCUT2D eigenvalue weighted by Gasteiger charge is -2.04. The van der Waals surface area contributed by atoms with Gasteiger partial charge in [0.15, 0.2) is 0 Å². The fourth-order valence-electron chi connectivity index (χ4n) is 13.3. The van der Waals surface area contributed by atoms with E-state index in [0.717, 1.165) is 25.7 Å². The summed E-state index contributed by atoms with van der Waals surface area (Å²) in [6.07, 6.45) is 107. The monoisotopic (exact) mass is 1440 g/mol. The van der Waals surface area contributed by atoms with Crippen molar-refractivity contribution in [2.24, 2.45) is 0 Å². The van der Waals surface area contributed by atoms with Gasteiger partial charge < -0.3 is 18.9 Å². The molecule has 102 heavy (non-hydrogen) atoms. The van der Waals surface area contributed by atoms with Crippen molar-refractivity contribution in [1.29, 1.82) is 0 Å². The van der Waals surface area contributed by atoms with Crippen LogP contribution in [-0.2, 0) is 38.1 Å². The fraction of sp³-hybridized carbons (Fsp3) is 0.872. The molecule has 0 saturated heterocycles. The largest absolute Gasteiger partial charge is 0.463 e. The molecule has 0 aromatic rings. The number of esters is 4. The first-order chi connectivity index (χ1) is 50.2. The van der Waals surface area contributed by atoms with E-state index in [-0.39, 0.29) is 23.9 Å². The first-order valence-corrected chi connectivity index (χ1v) is 45.4. The van der Waals surface area contributed by atoms with E-state index in [2.05, 4.69) is 54.0 Å². The lowest BCUT2D eigenvalue weighted by molar-refractivity contribution is -0.138. The van der Waals surface area contributed by atoms with Crippen LogP contribution in [-0.4, -0.2) is 50.3 Å². The molecular formula is C94H180O8. The predicted molar refractivity (Wildman–Crippen MR) is 449 cm³/mol. The van der Waals surface area contributed by atoms with E-state index in [9.17, 15) is 19.2 Å². The Labute approximate surface area is 638 Å². The lowest BCUT2D eigenvalue weighted by atomic mass is 10.0. The van der Waals surface area contributed by atoms with Crippen LogP contribution in [0.4, 0.5) is 0 Å². The summed E-state index contributed by atoms with van der Waals surface area (Å²) in [6.45, 7) is 24.9. The zero-order valence-electron chi connectivity index (χ0n) is 69.6. The normalized spacial score (nSPS) is 10.8. The highest BCUT2D eigenvalue weighted by Gasteiger charge is 2.03. The Morgan fingerprint density at radius 3 is 0.314 bits per heavy atom. The van der Waals surface area contributed by atoms with Crippen LogP contribution >= 0.6 is 0 Å². The fourth-order valence-corrected chi connectivity index (χ4v) is 13.3. The number of carbonyl (C=O) groups is 4. The Morgan fingerprint density at radius 1 is 0.157 bits per heavy atom. The molecule has 0 aromatic heterocycles. The lowest BCUT2D eigenvalue weighted by Crippen LogP contribution is -2.01. The maximum absolute atomic E-state index is 10.9. The van der Waals surface area contributed by atoms with Crippen LogP contribution in [0.3, 0.4) is 0 Å². The van der Waals surface area contributed by atoms with Crippen molar-refractivity contribution in [3.63, 3.8) is 0 Å². The summed E-state index contributed by atoms with van der Waals surface area (Å²) in [5.41, 5.74) is 0. The maximum atomic E-state index is 10.9. The quantitative estimate of drug-likeness (QED) is 0.0257. The Kier molecular flexibility index (Phi) is 105. The van der Waals surface area contributed by atoms with Gasteiger partial charge in [0.05, 0.1) is 26.4 Å². The third-order valence-corrected chi connectivity index (χ3v) is 20.1. The third-order valence-electron chi connectivity index (χ3n) is 20.1. The van der Waals surface area contributed by atoms with Crippen LogP contribution < -0.4 is 0 Å². The molecule has 0 rings (SSSR count). The minimum atomic E-state index is -0.300. The molecule has 0 fully saturated rings. The Hall–Kier alpha value is -3.16. The molecule has 0 spiro atoms. The summed E-state index contributed by atoms with van der Waals surface area (Å²) in [5, 5.41) is 0. The minimum absolute atomic E-state index is 0.298. The molecule has 0 bridgehead atoms. The average molecular weight is 1440 g/mol. The van der Waals surface area contributed by atoms with Crippen molar-refractivity contribution in [3.05, 3.63) is 50.6 Å². The topological polar surface area (TPSA) is 105 Å². The van der Waals surface area contributed by atoms with E-state index in [1.165, 1.54) is 474 Å². The third kappa shape index (κ3) is 108. The van der Waals surface area contributed by atoms with Gasteiger partial charge in [-0.3, -0.25) is 0 Å². The summed E-state index contributed by atoms with van der Waals surface area (Å²) in [5.74, 6) is -1.20. The molecule has 8 heteroatoms. The maximum Gasteiger partial charge on any atom is 0.330 e. The van der Waals surface area contributed by atoms with E-state index in [1.54, 1.807) is 0 Å². The van der Waals surface area contributed by atoms with Gasteiger partial charge >= 0.3 is 23.9 Å². The van der Waals surface area contributed by atoms with Crippen LogP contribution in [0.1, 0.15) is 503 Å². The molecule has 0 aliphatic carbocycles. The van der Waals surface area contributed by atoms with Crippen molar-refractivity contribution in [3.8, 4) is 0 Å². The minimum Gasteiger partial charge on any atom is -0.463 e. The number of hydrogen-bond donors (Lipinski definition) is 0. The summed E-state index contributed by atoms with van der Waals surface area (Å²) in [4.78, 5) is 43.4. The number of unbranched alkanes of at least 4 members (excludes halogenated alkanes) is 70. The molecule has 8 nitrogen and oxygen atoms in total. The second kappa shape index (κ2) is 102. The molecule has 0 N–H and O–H groups in total. The summed E-state index contributed by atoms with van der Waals surface area (Å²) < 4.78 is 19.9. The Balaban J connectivity index is -0.000000628. The second-order valence-corrected chi connectivity index (χ2v) is 30.2. The number of ether oxygens (including phenoxy) is 4. The Morgan fingerprint density at radius 2 is 0.235 bits per heavy atom. The molecule has 0 atom stereocenters. The Bertz CT molecular complexity index is 1640. The number of carbonyl (C=O) groups excluding carboxylic acids is 4. The van der Waals surface area contributed by atoms with Crippen LogP contribution in [0.25, 0.3) is 0 Å². The van der Waals surface area contributed by atoms with E-state index < -0.39 is 0 Å². The summed E-state index contributed by atoms with van der Waals surface area (Å²) in [7, 11) is 0. The zero-order valence-corrected chi connectivity index (χ0v) is 69.6. The van der Waals surface area contributed by atoms with Gasteiger partial charge in [0, 0.05) is 24.3 Å². The van der Waals surface area contributed by atoms with Crippen molar-refractivity contribution in [2.75, 3.05) is 26.4 Å². The number of rotatable bonds is 82. The first kappa shape index (κ1) is 105. The van der Waals surface area contributed by atoms with E-state index in [1.807, 2.05) is 0 Å². The number of hydrogen-bond acceptors (Lipinski definition) is 8. The van der Waals surface area contributed by atoms with Crippen LogP contribution in [0.2, 0.25) is 0 Å². The van der Waals surface area contributed by atoms with Gasteiger partial charge in [-0.1, -0.05) is 503 Å². The highest BCUT2D eigenvalue weighted by molar-refractivity contribution is 5.82. The highest BCUT2D eigenvalue weighted by Crippen LogP contribution is 2.20. The van der Waals surface area contributed by atoms with Gasteiger partial charge in [0.25, 0.3) is 0 Å². The first-order valence-electron chi connectivity index (χ1n) is 45.4. The molecule has 0 unspecified atom stereocenters. The molecule has 604 valence electrons. The standard InChI is InChI=1S/C25H48O2.C24H46O2.C23H44O2.C22H42O2/c1-3-5-6-7-8-9-10-11-12-13-14-15-16-17-18-19-20-21-22-23-24-27-25(26)4-2;1-3-5-6-7-8-9-10-11-12-13-14-15-16-17-18-19-20-21-22-23-26-24(25)4-2;1-3-5-6-7-8-9-10-11-12-13-14-15-16-17-18-19-20-21-22-25-23(24)4-2;1-3-5-6-7-8-9-10-11-12-13-14-15-16-17-18-19-20-21-24-22(23)4-2/h4H,2-3,5-24H2,1H3;4H,2-3,5-23H2,1H3;4H,2-3,5-22H2,1H3;4H,2-3,5-21H2,1H3. The molecule has 0 radical (unpaired) electrons. The average Bonchev–Trinajstić information content (AvgIpc) is 3.87. The molecular weight excluding hydrogens is 1260 g/mol. The van der Waals surface area contributed by atoms with Crippen molar-refractivity contribution < 1.29 is 38.1 Å². The van der Waals surface area contributed by atoms with Crippen LogP contribution in [0, 0.1) is 0 Å². The van der Waals surface area contributed by atoms with E-state index >= 15 is 0 Å². The SMILES string of the molecule is C=CC(=O)OCCCCCCCCCCCCCCCCCCC.C=CC(=O)OCCCCCCCCCCCCCCCCCCCC.C=CC(=O)OCCCCCCCCCCCCCCCCCCCCC.C=CC(=O)OCCCCCCCCCCCCCCCCCCCCCC. The van der Waals surface area contributed by atoms with Crippen molar-refractivity contribution >= 4 is 23.9 Å². The zero-order chi connectivity index (χ0) is 75.1. The van der Waals surface area contributed by atoms with Gasteiger partial charge in [-0.05, 0) is 25.7 Å². The van der Waals surface area contributed by atoms with Gasteiger partial charge in [0.1, 0.15) is 0 Å². The molecule has 0 aliphatic heterocycles. The van der Waals surface area contributed by atoms with E-state index in [4.69, 9.17) is 18.9 Å². The second-order valence-electron chi connectivity index (χ2n) is 30.2. The summed E-state index contributed by atoms with van der Waals surface area (Å²) in [6, 6.07) is 0. The van der Waals surface area contributed by atoms with Gasteiger partial charge in [-0.15, -0.1) is 0 Å². The van der Waals surface area contributed by atoms with Gasteiger partial charge in [-0.25, -0.2) is 19.2 Å². The predicted octanol–water partition coefficient (Wildman–Crippen LogP) is 31.8. The van der Waals surface area contributed by atoms with Crippen LogP contribution in [0.5, 0.6) is 0 Å². The van der Waals surface area contributed by atoms with Crippen molar-refractivity contribution in [1.82, 2.24) is 0 Å². The van der Waals surface area contributed by atoms with E-state index in [0.29, 0.717) is 26.4 Å². The molecule has 0 aliphatic rings. The molecule has 0 saturated carbocycles. The van der Waals surface area contributed by atoms with Gasteiger partial charge in [0.2, 0.25) is 0 Å². The van der Waals surface area contributed by atoms with Crippen molar-refractivity contribution in [2.45, 2.75) is 503 Å². The molecule has 0 heterocycles. The molecule has 0 aromatic carbocycles. The van der Waals surface area contributed by atoms with Crippen LogP contribution in [0.15, 0.2) is 50.6 Å².